The van der Waals surface area contributed by atoms with Gasteiger partial charge in [-0.3, -0.25) is 4.90 Å². The second kappa shape index (κ2) is 6.31. The smallest absolute Gasteiger partial charge is 0.169 e. The van der Waals surface area contributed by atoms with Crippen LogP contribution in [0.5, 0.6) is 0 Å². The largest absolute Gasteiger partial charge is 0.409 e. The molecule has 0 bridgehead atoms. The lowest BCUT2D eigenvalue weighted by Gasteiger charge is -2.32. The molecule has 1 aromatic carbocycles. The number of oxime groups is 1. The molecule has 1 saturated heterocycles. The van der Waals surface area contributed by atoms with E-state index in [4.69, 9.17) is 15.7 Å². The van der Waals surface area contributed by atoms with E-state index >= 15 is 0 Å². The summed E-state index contributed by atoms with van der Waals surface area (Å²) in [5, 5.41) is 11.6. The minimum atomic E-state index is -0.450. The van der Waals surface area contributed by atoms with E-state index in [-0.39, 0.29) is 11.7 Å². The third kappa shape index (κ3) is 3.65. The second-order valence-electron chi connectivity index (χ2n) is 4.36. The van der Waals surface area contributed by atoms with Crippen molar-refractivity contribution in [1.82, 2.24) is 4.90 Å². The minimum absolute atomic E-state index is 0.0411. The number of benzene rings is 1. The van der Waals surface area contributed by atoms with Gasteiger partial charge in [0.2, 0.25) is 0 Å². The topological polar surface area (TPSA) is 71.1 Å². The number of nitrogens with zero attached hydrogens (tertiary/aromatic N) is 2. The van der Waals surface area contributed by atoms with E-state index in [1.54, 1.807) is 12.1 Å². The highest BCUT2D eigenvalue weighted by molar-refractivity contribution is 9.10. The van der Waals surface area contributed by atoms with Crippen molar-refractivity contribution in [3.63, 3.8) is 0 Å². The fourth-order valence-electron chi connectivity index (χ4n) is 1.99. The first-order chi connectivity index (χ1) is 9.10. The molecule has 0 spiro atoms. The van der Waals surface area contributed by atoms with Gasteiger partial charge in [-0.05, 0) is 18.2 Å². The van der Waals surface area contributed by atoms with Crippen LogP contribution in [0.25, 0.3) is 0 Å². The molecular weight excluding hydrogens is 317 g/mol. The van der Waals surface area contributed by atoms with Gasteiger partial charge in [-0.2, -0.15) is 0 Å². The van der Waals surface area contributed by atoms with Crippen molar-refractivity contribution in [3.05, 3.63) is 34.1 Å². The molecule has 0 aromatic heterocycles. The number of nitrogens with two attached hydrogens (primary N) is 1. The molecule has 0 aliphatic carbocycles. The highest BCUT2D eigenvalue weighted by atomic mass is 79.9. The molecule has 1 aromatic rings. The van der Waals surface area contributed by atoms with Crippen LogP contribution in [0, 0.1) is 5.82 Å². The molecule has 3 N–H and O–H groups in total. The van der Waals surface area contributed by atoms with Crippen molar-refractivity contribution in [2.75, 3.05) is 19.7 Å². The van der Waals surface area contributed by atoms with Crippen molar-refractivity contribution in [2.24, 2.45) is 10.9 Å². The van der Waals surface area contributed by atoms with Gasteiger partial charge in [0.05, 0.1) is 6.61 Å². The fraction of sp³-hybridized carbons (Fsp3) is 0.417. The molecule has 1 atom stereocenters. The van der Waals surface area contributed by atoms with Crippen molar-refractivity contribution in [2.45, 2.75) is 12.6 Å². The minimum Gasteiger partial charge on any atom is -0.409 e. The number of amidine groups is 1. The molecule has 1 unspecified atom stereocenters. The maximum absolute atomic E-state index is 13.7. The van der Waals surface area contributed by atoms with Crippen LogP contribution >= 0.6 is 15.9 Å². The lowest BCUT2D eigenvalue weighted by Crippen LogP contribution is -2.48. The molecule has 0 amide bonds. The molecule has 0 radical (unpaired) electrons. The predicted molar refractivity (Wildman–Crippen MR) is 72.5 cm³/mol. The van der Waals surface area contributed by atoms with Gasteiger partial charge in [0, 0.05) is 29.7 Å². The first-order valence-electron chi connectivity index (χ1n) is 5.85. The van der Waals surface area contributed by atoms with Gasteiger partial charge in [-0.1, -0.05) is 21.1 Å². The summed E-state index contributed by atoms with van der Waals surface area (Å²) >= 11 is 3.33. The standard InChI is InChI=1S/C12H15BrFN3O2/c13-9-1-2-10(14)8(5-9)6-17-3-4-19-11(7-17)12(15)16-18/h1-2,5,11,18H,3-4,6-7H2,(H2,15,16). The van der Waals surface area contributed by atoms with Crippen molar-refractivity contribution in [3.8, 4) is 0 Å². The second-order valence-corrected chi connectivity index (χ2v) is 5.27. The SMILES string of the molecule is NC(=NO)C1CN(Cc2cc(Br)ccc2F)CCO1. The zero-order chi connectivity index (χ0) is 13.8. The van der Waals surface area contributed by atoms with Crippen LogP contribution < -0.4 is 5.73 Å². The Kier molecular flexibility index (Phi) is 4.73. The Labute approximate surface area is 119 Å². The summed E-state index contributed by atoms with van der Waals surface area (Å²) in [5.74, 6) is -0.200. The number of hydrogen-bond donors (Lipinski definition) is 2. The molecule has 0 saturated carbocycles. The number of hydrogen-bond acceptors (Lipinski definition) is 4. The Morgan fingerprint density at radius 3 is 3.16 bits per heavy atom. The number of rotatable bonds is 3. The summed E-state index contributed by atoms with van der Waals surface area (Å²) in [4.78, 5) is 2.01. The van der Waals surface area contributed by atoms with E-state index in [1.165, 1.54) is 6.07 Å². The predicted octanol–water partition coefficient (Wildman–Crippen LogP) is 1.54. The average molecular weight is 332 g/mol. The van der Waals surface area contributed by atoms with Crippen molar-refractivity contribution < 1.29 is 14.3 Å². The molecule has 1 aliphatic heterocycles. The summed E-state index contributed by atoms with van der Waals surface area (Å²) in [6, 6.07) is 4.85. The van der Waals surface area contributed by atoms with Gasteiger partial charge in [-0.15, -0.1) is 0 Å². The maximum atomic E-state index is 13.7. The lowest BCUT2D eigenvalue weighted by molar-refractivity contribution is 0.00105. The normalized spacial score (nSPS) is 21.6. The highest BCUT2D eigenvalue weighted by Crippen LogP contribution is 2.18. The van der Waals surface area contributed by atoms with Crippen LogP contribution in [0.3, 0.4) is 0 Å². The molecule has 1 aliphatic rings. The molecule has 1 heterocycles. The van der Waals surface area contributed by atoms with E-state index in [0.29, 0.717) is 31.8 Å². The van der Waals surface area contributed by atoms with Gasteiger partial charge < -0.3 is 15.7 Å². The summed E-state index contributed by atoms with van der Waals surface area (Å²) in [6.45, 7) is 2.09. The van der Waals surface area contributed by atoms with Gasteiger partial charge >= 0.3 is 0 Å². The molecule has 7 heteroatoms. The van der Waals surface area contributed by atoms with Crippen LogP contribution in [0.15, 0.2) is 27.8 Å². The fourth-order valence-corrected chi connectivity index (χ4v) is 2.40. The van der Waals surface area contributed by atoms with Crippen LogP contribution in [0.2, 0.25) is 0 Å². The Bertz CT molecular complexity index is 484. The van der Waals surface area contributed by atoms with Crippen LogP contribution in [0.4, 0.5) is 4.39 Å². The molecule has 1 fully saturated rings. The highest BCUT2D eigenvalue weighted by Gasteiger charge is 2.24. The van der Waals surface area contributed by atoms with E-state index in [0.717, 1.165) is 4.47 Å². The Hall–Kier alpha value is -1.18. The monoisotopic (exact) mass is 331 g/mol. The van der Waals surface area contributed by atoms with Gasteiger partial charge in [0.25, 0.3) is 0 Å². The summed E-state index contributed by atoms with van der Waals surface area (Å²) < 4.78 is 19.9. The van der Waals surface area contributed by atoms with Crippen molar-refractivity contribution >= 4 is 21.8 Å². The lowest BCUT2D eigenvalue weighted by atomic mass is 10.1. The molecule has 104 valence electrons. The maximum Gasteiger partial charge on any atom is 0.169 e. The molecule has 2 rings (SSSR count). The molecule has 19 heavy (non-hydrogen) atoms. The first kappa shape index (κ1) is 14.2. The Morgan fingerprint density at radius 2 is 2.42 bits per heavy atom. The first-order valence-corrected chi connectivity index (χ1v) is 6.64. The van der Waals surface area contributed by atoms with E-state index in [9.17, 15) is 4.39 Å². The number of ether oxygens (including phenoxy) is 1. The van der Waals surface area contributed by atoms with Gasteiger partial charge in [-0.25, -0.2) is 4.39 Å². The quantitative estimate of drug-likeness (QED) is 0.381. The van der Waals surface area contributed by atoms with E-state index in [1.807, 2.05) is 4.90 Å². The number of halogens is 2. The van der Waals surface area contributed by atoms with Crippen LogP contribution in [-0.2, 0) is 11.3 Å². The van der Waals surface area contributed by atoms with Crippen LogP contribution in [-0.4, -0.2) is 41.7 Å². The average Bonchev–Trinajstić information content (AvgIpc) is 2.42. The van der Waals surface area contributed by atoms with Crippen molar-refractivity contribution in [1.29, 1.82) is 0 Å². The summed E-state index contributed by atoms with van der Waals surface area (Å²) in [7, 11) is 0. The third-order valence-electron chi connectivity index (χ3n) is 3.00. The van der Waals surface area contributed by atoms with E-state index in [2.05, 4.69) is 21.1 Å². The van der Waals surface area contributed by atoms with E-state index < -0.39 is 6.10 Å². The molecular formula is C12H15BrFN3O2. The molecule has 5 nitrogen and oxygen atoms in total. The van der Waals surface area contributed by atoms with Gasteiger partial charge in [0.15, 0.2) is 5.84 Å². The summed E-state index contributed by atoms with van der Waals surface area (Å²) in [5.41, 5.74) is 6.13. The zero-order valence-electron chi connectivity index (χ0n) is 10.2. The Morgan fingerprint density at radius 1 is 1.63 bits per heavy atom. The third-order valence-corrected chi connectivity index (χ3v) is 3.49. The van der Waals surface area contributed by atoms with Crippen LogP contribution in [0.1, 0.15) is 5.56 Å². The summed E-state index contributed by atoms with van der Waals surface area (Å²) in [6.07, 6.45) is -0.450. The zero-order valence-corrected chi connectivity index (χ0v) is 11.8. The number of morpholine rings is 1. The Balaban J connectivity index is 2.04. The van der Waals surface area contributed by atoms with Gasteiger partial charge in [0.1, 0.15) is 11.9 Å².